The summed E-state index contributed by atoms with van der Waals surface area (Å²) in [6, 6.07) is 20.8. The molecule has 4 rings (SSSR count). The minimum Gasteiger partial charge on any atom is -0.321 e. The summed E-state index contributed by atoms with van der Waals surface area (Å²) in [4.78, 5) is 27.8. The van der Waals surface area contributed by atoms with Crippen molar-refractivity contribution in [3.05, 3.63) is 105 Å². The molecule has 1 aliphatic heterocycles. The zero-order valence-corrected chi connectivity index (χ0v) is 19.8. The van der Waals surface area contributed by atoms with E-state index in [2.05, 4.69) is 5.32 Å². The first-order valence-corrected chi connectivity index (χ1v) is 11.7. The molecule has 5 nitrogen and oxygen atoms in total. The zero-order valence-electron chi connectivity index (χ0n) is 17.5. The number of thioether (sulfide) groups is 1. The first kappa shape index (κ1) is 23.8. The summed E-state index contributed by atoms with van der Waals surface area (Å²) in [6.07, 6.45) is 0.315. The lowest BCUT2D eigenvalue weighted by Gasteiger charge is -2.19. The van der Waals surface area contributed by atoms with Crippen LogP contribution in [0.1, 0.15) is 5.56 Å². The van der Waals surface area contributed by atoms with E-state index in [1.807, 2.05) is 18.2 Å². The van der Waals surface area contributed by atoms with E-state index in [1.165, 1.54) is 29.2 Å². The van der Waals surface area contributed by atoms with E-state index in [-0.39, 0.29) is 16.5 Å². The zero-order chi connectivity index (χ0) is 24.2. The van der Waals surface area contributed by atoms with Gasteiger partial charge in [0.25, 0.3) is 5.91 Å². The number of carbonyl (C=O) groups excluding carboxylic acids is 2. The number of benzene rings is 3. The molecule has 1 aliphatic rings. The summed E-state index contributed by atoms with van der Waals surface area (Å²) in [5, 5.41) is 13.1. The van der Waals surface area contributed by atoms with Gasteiger partial charge in [0.15, 0.2) is 0 Å². The van der Waals surface area contributed by atoms with E-state index in [9.17, 15) is 19.2 Å². The van der Waals surface area contributed by atoms with Crippen LogP contribution in [-0.4, -0.2) is 17.1 Å². The quantitative estimate of drug-likeness (QED) is 0.327. The monoisotopic (exact) mass is 511 g/mol. The molecule has 3 aromatic carbocycles. The van der Waals surface area contributed by atoms with Crippen molar-refractivity contribution in [2.45, 2.75) is 11.7 Å². The largest absolute Gasteiger partial charge is 0.321 e. The topological polar surface area (TPSA) is 73.2 Å². The molecule has 1 saturated heterocycles. The van der Waals surface area contributed by atoms with E-state index < -0.39 is 17.0 Å². The molecule has 0 saturated carbocycles. The van der Waals surface area contributed by atoms with E-state index in [0.29, 0.717) is 27.8 Å². The second kappa shape index (κ2) is 10.3. The fraction of sp³-hybridized carbons (Fsp3) is 0.0800. The fourth-order valence-corrected chi connectivity index (χ4v) is 5.04. The number of hydrogen-bond acceptors (Lipinski definition) is 4. The van der Waals surface area contributed by atoms with Gasteiger partial charge in [0.05, 0.1) is 5.25 Å². The van der Waals surface area contributed by atoms with Crippen LogP contribution < -0.4 is 10.2 Å². The van der Waals surface area contributed by atoms with Gasteiger partial charge in [-0.1, -0.05) is 53.2 Å². The van der Waals surface area contributed by atoms with Crippen LogP contribution in [-0.2, 0) is 16.0 Å². The maximum Gasteiger partial charge on any atom is 0.269 e. The van der Waals surface area contributed by atoms with Crippen LogP contribution in [0.3, 0.4) is 0 Å². The van der Waals surface area contributed by atoms with Crippen LogP contribution >= 0.6 is 35.0 Å². The molecule has 2 amide bonds. The number of halogens is 3. The fourth-order valence-electron chi connectivity index (χ4n) is 3.40. The van der Waals surface area contributed by atoms with E-state index in [0.717, 1.165) is 17.3 Å². The van der Waals surface area contributed by atoms with Gasteiger partial charge in [-0.2, -0.15) is 5.26 Å². The van der Waals surface area contributed by atoms with E-state index in [1.54, 1.807) is 36.4 Å². The summed E-state index contributed by atoms with van der Waals surface area (Å²) in [7, 11) is 0. The normalized spacial score (nSPS) is 16.8. The average Bonchev–Trinajstić information content (AvgIpc) is 3.13. The summed E-state index contributed by atoms with van der Waals surface area (Å²) in [5.41, 5.74) is 1.33. The first-order valence-electron chi connectivity index (χ1n) is 10.1. The molecule has 1 fully saturated rings. The van der Waals surface area contributed by atoms with Crippen LogP contribution in [0, 0.1) is 17.1 Å². The number of nitriles is 1. The molecule has 9 heteroatoms. The van der Waals surface area contributed by atoms with Gasteiger partial charge in [0, 0.05) is 21.4 Å². The van der Waals surface area contributed by atoms with Crippen LogP contribution in [0.5, 0.6) is 0 Å². The highest BCUT2D eigenvalue weighted by Gasteiger charge is 2.41. The Kier molecular flexibility index (Phi) is 7.23. The average molecular weight is 512 g/mol. The van der Waals surface area contributed by atoms with Crippen molar-refractivity contribution in [1.29, 1.82) is 5.26 Å². The second-order valence-corrected chi connectivity index (χ2v) is 9.34. The second-order valence-electron chi connectivity index (χ2n) is 7.31. The van der Waals surface area contributed by atoms with Gasteiger partial charge in [-0.3, -0.25) is 14.5 Å². The predicted molar refractivity (Wildman–Crippen MR) is 133 cm³/mol. The first-order chi connectivity index (χ1) is 16.4. The highest BCUT2D eigenvalue weighted by Crippen LogP contribution is 2.42. The lowest BCUT2D eigenvalue weighted by atomic mass is 10.1. The minimum absolute atomic E-state index is 0.200. The summed E-state index contributed by atoms with van der Waals surface area (Å²) in [5.74, 6) is -1.45. The molecular weight excluding hydrogens is 496 g/mol. The van der Waals surface area contributed by atoms with Gasteiger partial charge in [0.1, 0.15) is 22.5 Å². The third-order valence-electron chi connectivity index (χ3n) is 5.06. The van der Waals surface area contributed by atoms with Crippen LogP contribution in [0.15, 0.2) is 83.4 Å². The molecule has 0 radical (unpaired) electrons. The number of nitrogens with zero attached hydrogens (tertiary/aromatic N) is 2. The summed E-state index contributed by atoms with van der Waals surface area (Å²) < 4.78 is 13.2. The Morgan fingerprint density at radius 3 is 2.38 bits per heavy atom. The lowest BCUT2D eigenvalue weighted by molar-refractivity contribution is -0.117. The summed E-state index contributed by atoms with van der Waals surface area (Å²) >= 11 is 13.4. The predicted octanol–water partition coefficient (Wildman–Crippen LogP) is 6.20. The molecule has 34 heavy (non-hydrogen) atoms. The van der Waals surface area contributed by atoms with Crippen molar-refractivity contribution < 1.29 is 14.0 Å². The van der Waals surface area contributed by atoms with Crippen molar-refractivity contribution in [3.63, 3.8) is 0 Å². The van der Waals surface area contributed by atoms with Crippen molar-refractivity contribution in [2.75, 3.05) is 10.2 Å². The van der Waals surface area contributed by atoms with E-state index in [4.69, 9.17) is 23.2 Å². The smallest absolute Gasteiger partial charge is 0.269 e. The molecule has 170 valence electrons. The standard InChI is InChI=1S/C25H16Cl2FN3O2S/c26-16-5-11-19(12-6-16)31-24(33)22(13-15-3-1-2-4-21(15)27)34-25(31)20(14-29)23(32)30-18-9-7-17(28)8-10-18/h1-12,22H,13H2,(H,30,32). The Morgan fingerprint density at radius 2 is 1.74 bits per heavy atom. The number of hydrogen-bond donors (Lipinski definition) is 1. The van der Waals surface area contributed by atoms with Crippen molar-refractivity contribution in [2.24, 2.45) is 0 Å². The van der Waals surface area contributed by atoms with Crippen molar-refractivity contribution in [3.8, 4) is 6.07 Å². The number of amides is 2. The highest BCUT2D eigenvalue weighted by molar-refractivity contribution is 8.05. The number of nitrogens with one attached hydrogen (secondary N) is 1. The molecule has 0 aliphatic carbocycles. The number of rotatable bonds is 5. The molecular formula is C25H16Cl2FN3O2S. The SMILES string of the molecule is N#CC(C(=O)Nc1ccc(F)cc1)=C1SC(Cc2ccccc2Cl)C(=O)N1c1ccc(Cl)cc1. The van der Waals surface area contributed by atoms with Gasteiger partial charge in [-0.15, -0.1) is 0 Å². The van der Waals surface area contributed by atoms with Crippen LogP contribution in [0.2, 0.25) is 10.0 Å². The minimum atomic E-state index is -0.707. The highest BCUT2D eigenvalue weighted by atomic mass is 35.5. The van der Waals surface area contributed by atoms with Gasteiger partial charge in [0.2, 0.25) is 5.91 Å². The molecule has 0 aromatic heterocycles. The Morgan fingerprint density at radius 1 is 1.06 bits per heavy atom. The molecule has 3 aromatic rings. The molecule has 0 spiro atoms. The van der Waals surface area contributed by atoms with Crippen LogP contribution in [0.4, 0.5) is 15.8 Å². The summed E-state index contributed by atoms with van der Waals surface area (Å²) in [6.45, 7) is 0. The molecule has 1 atom stereocenters. The van der Waals surface area contributed by atoms with Gasteiger partial charge >= 0.3 is 0 Å². The molecule has 0 bridgehead atoms. The van der Waals surface area contributed by atoms with Gasteiger partial charge in [-0.25, -0.2) is 4.39 Å². The molecule has 1 N–H and O–H groups in total. The molecule has 1 unspecified atom stereocenters. The lowest BCUT2D eigenvalue weighted by Crippen LogP contribution is -2.31. The van der Waals surface area contributed by atoms with Gasteiger partial charge in [-0.05, 0) is 66.6 Å². The maximum absolute atomic E-state index is 13.5. The Hall–Kier alpha value is -3.31. The molecule has 1 heterocycles. The Bertz CT molecular complexity index is 1320. The Balaban J connectivity index is 1.73. The third-order valence-corrected chi connectivity index (χ3v) is 6.94. The van der Waals surface area contributed by atoms with E-state index >= 15 is 0 Å². The Labute approximate surface area is 209 Å². The van der Waals surface area contributed by atoms with Crippen LogP contribution in [0.25, 0.3) is 0 Å². The number of carbonyl (C=O) groups is 2. The van der Waals surface area contributed by atoms with Crippen molar-refractivity contribution >= 4 is 58.2 Å². The van der Waals surface area contributed by atoms with Crippen molar-refractivity contribution in [1.82, 2.24) is 0 Å². The number of anilines is 2. The third kappa shape index (κ3) is 5.10. The van der Waals surface area contributed by atoms with Gasteiger partial charge < -0.3 is 5.32 Å². The maximum atomic E-state index is 13.5.